The third-order valence-electron chi connectivity index (χ3n) is 4.81. The predicted octanol–water partition coefficient (Wildman–Crippen LogP) is 3.78. The van der Waals surface area contributed by atoms with Crippen molar-refractivity contribution in [3.63, 3.8) is 0 Å². The van der Waals surface area contributed by atoms with Gasteiger partial charge in [0, 0.05) is 17.5 Å². The van der Waals surface area contributed by atoms with E-state index in [2.05, 4.69) is 5.32 Å². The van der Waals surface area contributed by atoms with Crippen molar-refractivity contribution in [1.29, 1.82) is 0 Å². The Balaban J connectivity index is 1.42. The number of aryl methyl sites for hydroxylation is 1. The van der Waals surface area contributed by atoms with E-state index in [1.807, 2.05) is 25.1 Å². The number of benzene rings is 2. The number of nitrogens with one attached hydrogen (secondary N) is 1. The Morgan fingerprint density at radius 3 is 2.73 bits per heavy atom. The lowest BCUT2D eigenvalue weighted by Gasteiger charge is -2.21. The molecule has 1 aliphatic heterocycles. The first kappa shape index (κ1) is 20.1. The Hall–Kier alpha value is -3.19. The molecule has 4 rings (SSSR count). The fraction of sp³-hybridized carbons (Fsp3) is 0.273. The Kier molecular flexibility index (Phi) is 5.55. The second kappa shape index (κ2) is 8.28. The van der Waals surface area contributed by atoms with E-state index in [-0.39, 0.29) is 24.3 Å². The molecule has 2 heterocycles. The molecule has 0 spiro atoms. The minimum Gasteiger partial charge on any atom is -0.486 e. The number of fused-ring (bicyclic) bond motifs is 2. The maximum Gasteiger partial charge on any atom is 0.336 e. The van der Waals surface area contributed by atoms with Gasteiger partial charge >= 0.3 is 5.63 Å². The van der Waals surface area contributed by atoms with Crippen LogP contribution in [0.5, 0.6) is 17.2 Å². The van der Waals surface area contributed by atoms with Crippen molar-refractivity contribution in [3.8, 4) is 17.2 Å². The van der Waals surface area contributed by atoms with E-state index >= 15 is 0 Å². The first-order valence-electron chi connectivity index (χ1n) is 9.46. The van der Waals surface area contributed by atoms with Crippen LogP contribution in [0.4, 0.5) is 0 Å². The summed E-state index contributed by atoms with van der Waals surface area (Å²) in [6.45, 7) is 4.44. The SMILES string of the molecule is Cc1cc(=O)oc2cc(OCC(=O)NC(C)c3ccc4c(c3)OCCO4)c(Cl)cc12. The molecule has 0 aliphatic carbocycles. The summed E-state index contributed by atoms with van der Waals surface area (Å²) in [5.74, 6) is 1.30. The van der Waals surface area contributed by atoms with Crippen molar-refractivity contribution in [3.05, 3.63) is 63.0 Å². The molecular weight excluding hydrogens is 410 g/mol. The van der Waals surface area contributed by atoms with Crippen LogP contribution in [-0.2, 0) is 4.79 Å². The number of amides is 1. The zero-order chi connectivity index (χ0) is 21.3. The number of rotatable bonds is 5. The van der Waals surface area contributed by atoms with Crippen LogP contribution in [-0.4, -0.2) is 25.7 Å². The van der Waals surface area contributed by atoms with E-state index in [4.69, 9.17) is 30.2 Å². The Morgan fingerprint density at radius 2 is 1.93 bits per heavy atom. The fourth-order valence-electron chi connectivity index (χ4n) is 3.27. The molecule has 1 aromatic heterocycles. The van der Waals surface area contributed by atoms with Gasteiger partial charge in [0.2, 0.25) is 0 Å². The molecule has 1 atom stereocenters. The van der Waals surface area contributed by atoms with Gasteiger partial charge in [-0.1, -0.05) is 17.7 Å². The van der Waals surface area contributed by atoms with Crippen LogP contribution >= 0.6 is 11.6 Å². The summed E-state index contributed by atoms with van der Waals surface area (Å²) in [5.41, 5.74) is 1.53. The molecule has 156 valence electrons. The minimum atomic E-state index is -0.459. The lowest BCUT2D eigenvalue weighted by molar-refractivity contribution is -0.123. The monoisotopic (exact) mass is 429 g/mol. The van der Waals surface area contributed by atoms with E-state index in [1.54, 1.807) is 13.0 Å². The average molecular weight is 430 g/mol. The van der Waals surface area contributed by atoms with Crippen molar-refractivity contribution >= 4 is 28.5 Å². The number of hydrogen-bond acceptors (Lipinski definition) is 6. The van der Waals surface area contributed by atoms with Gasteiger partial charge in [0.05, 0.1) is 11.1 Å². The van der Waals surface area contributed by atoms with Crippen molar-refractivity contribution in [2.75, 3.05) is 19.8 Å². The Labute approximate surface area is 177 Å². The van der Waals surface area contributed by atoms with Gasteiger partial charge in [-0.3, -0.25) is 4.79 Å². The standard InChI is InChI=1S/C22H20ClNO6/c1-12-7-22(26)30-18-10-19(16(23)9-15(12)18)29-11-21(25)24-13(2)14-3-4-17-20(8-14)28-6-5-27-17/h3-4,7-10,13H,5-6,11H2,1-2H3,(H,24,25). The van der Waals surface area contributed by atoms with Crippen LogP contribution in [0.3, 0.4) is 0 Å². The summed E-state index contributed by atoms with van der Waals surface area (Å²) < 4.78 is 21.9. The normalized spacial score (nSPS) is 13.7. The number of hydrogen-bond donors (Lipinski definition) is 1. The van der Waals surface area contributed by atoms with Crippen LogP contribution in [0.1, 0.15) is 24.1 Å². The first-order valence-corrected chi connectivity index (χ1v) is 9.84. The third-order valence-corrected chi connectivity index (χ3v) is 5.10. The van der Waals surface area contributed by atoms with Crippen molar-refractivity contribution < 1.29 is 23.4 Å². The van der Waals surface area contributed by atoms with E-state index < -0.39 is 5.63 Å². The zero-order valence-electron chi connectivity index (χ0n) is 16.5. The second-order valence-corrected chi connectivity index (χ2v) is 7.42. The number of halogens is 1. The molecular formula is C22H20ClNO6. The molecule has 0 radical (unpaired) electrons. The van der Waals surface area contributed by atoms with Gasteiger partial charge in [-0.05, 0) is 43.2 Å². The molecule has 3 aromatic rings. The van der Waals surface area contributed by atoms with Gasteiger partial charge in [0.25, 0.3) is 5.91 Å². The summed E-state index contributed by atoms with van der Waals surface area (Å²) in [6, 6.07) is 9.86. The van der Waals surface area contributed by atoms with Crippen molar-refractivity contribution in [2.24, 2.45) is 0 Å². The first-order chi connectivity index (χ1) is 14.4. The van der Waals surface area contributed by atoms with Crippen molar-refractivity contribution in [2.45, 2.75) is 19.9 Å². The van der Waals surface area contributed by atoms with E-state index in [0.29, 0.717) is 40.7 Å². The summed E-state index contributed by atoms with van der Waals surface area (Å²) >= 11 is 6.27. The molecule has 1 amide bonds. The Morgan fingerprint density at radius 1 is 1.17 bits per heavy atom. The van der Waals surface area contributed by atoms with Crippen molar-refractivity contribution in [1.82, 2.24) is 5.32 Å². The van der Waals surface area contributed by atoms with E-state index in [9.17, 15) is 9.59 Å². The number of ether oxygens (including phenoxy) is 3. The molecule has 0 fully saturated rings. The highest BCUT2D eigenvalue weighted by Crippen LogP contribution is 2.33. The maximum absolute atomic E-state index is 12.4. The largest absolute Gasteiger partial charge is 0.486 e. The summed E-state index contributed by atoms with van der Waals surface area (Å²) in [5, 5.41) is 3.91. The quantitative estimate of drug-likeness (QED) is 0.621. The number of carbonyl (C=O) groups is 1. The average Bonchev–Trinajstić information content (AvgIpc) is 2.72. The molecule has 0 saturated heterocycles. The second-order valence-electron chi connectivity index (χ2n) is 7.01. The molecule has 0 saturated carbocycles. The van der Waals surface area contributed by atoms with E-state index in [0.717, 1.165) is 11.1 Å². The highest BCUT2D eigenvalue weighted by atomic mass is 35.5. The predicted molar refractivity (Wildman–Crippen MR) is 112 cm³/mol. The van der Waals surface area contributed by atoms with Crippen LogP contribution in [0.2, 0.25) is 5.02 Å². The van der Waals surface area contributed by atoms with Gasteiger partial charge in [-0.25, -0.2) is 4.79 Å². The Bertz CT molecular complexity index is 1170. The molecule has 2 aromatic carbocycles. The maximum atomic E-state index is 12.4. The van der Waals surface area contributed by atoms with Crippen LogP contribution in [0.25, 0.3) is 11.0 Å². The molecule has 1 unspecified atom stereocenters. The minimum absolute atomic E-state index is 0.240. The fourth-order valence-corrected chi connectivity index (χ4v) is 3.49. The topological polar surface area (TPSA) is 87.0 Å². The number of carbonyl (C=O) groups excluding carboxylic acids is 1. The molecule has 0 bridgehead atoms. The summed E-state index contributed by atoms with van der Waals surface area (Å²) in [7, 11) is 0. The highest BCUT2D eigenvalue weighted by Gasteiger charge is 2.17. The third kappa shape index (κ3) is 4.21. The van der Waals surface area contributed by atoms with Crippen LogP contribution in [0, 0.1) is 6.92 Å². The van der Waals surface area contributed by atoms with Gasteiger partial charge in [0.15, 0.2) is 18.1 Å². The molecule has 1 aliphatic rings. The van der Waals surface area contributed by atoms with Gasteiger partial charge in [-0.2, -0.15) is 0 Å². The summed E-state index contributed by atoms with van der Waals surface area (Å²) in [6.07, 6.45) is 0. The van der Waals surface area contributed by atoms with Gasteiger partial charge in [-0.15, -0.1) is 0 Å². The lowest BCUT2D eigenvalue weighted by Crippen LogP contribution is -2.31. The smallest absolute Gasteiger partial charge is 0.336 e. The molecule has 1 N–H and O–H groups in total. The zero-order valence-corrected chi connectivity index (χ0v) is 17.2. The van der Waals surface area contributed by atoms with Gasteiger partial charge < -0.3 is 23.9 Å². The van der Waals surface area contributed by atoms with Gasteiger partial charge in [0.1, 0.15) is 24.5 Å². The van der Waals surface area contributed by atoms with E-state index in [1.165, 1.54) is 12.1 Å². The summed E-state index contributed by atoms with van der Waals surface area (Å²) in [4.78, 5) is 24.0. The van der Waals surface area contributed by atoms with Crippen LogP contribution in [0.15, 0.2) is 45.6 Å². The molecule has 7 nitrogen and oxygen atoms in total. The molecule has 30 heavy (non-hydrogen) atoms. The highest BCUT2D eigenvalue weighted by molar-refractivity contribution is 6.32. The van der Waals surface area contributed by atoms with Crippen LogP contribution < -0.4 is 25.2 Å². The molecule has 8 heteroatoms. The lowest BCUT2D eigenvalue weighted by atomic mass is 10.1.